The van der Waals surface area contributed by atoms with Crippen molar-refractivity contribution in [3.05, 3.63) is 34.1 Å². The summed E-state index contributed by atoms with van der Waals surface area (Å²) in [5, 5.41) is 19.2. The predicted molar refractivity (Wildman–Crippen MR) is 60.5 cm³/mol. The lowest BCUT2D eigenvalue weighted by atomic mass is 10.3. The van der Waals surface area contributed by atoms with Gasteiger partial charge in [0, 0.05) is 7.05 Å². The van der Waals surface area contributed by atoms with Crippen LogP contribution in [0.15, 0.2) is 23.1 Å². The zero-order valence-electron chi connectivity index (χ0n) is 9.61. The van der Waals surface area contributed by atoms with E-state index in [1.165, 1.54) is 0 Å². The summed E-state index contributed by atoms with van der Waals surface area (Å²) in [6.07, 6.45) is 0. The fourth-order valence-electron chi connectivity index (χ4n) is 1.32. The number of carboxylic acids is 1. The van der Waals surface area contributed by atoms with E-state index in [9.17, 15) is 27.7 Å². The van der Waals surface area contributed by atoms with Gasteiger partial charge < -0.3 is 5.11 Å². The molecular formula is C9H9FN2O6S. The first-order valence-electron chi connectivity index (χ1n) is 4.79. The number of carboxylic acid groups (broad SMARTS) is 1. The highest BCUT2D eigenvalue weighted by Crippen LogP contribution is 2.28. The predicted octanol–water partition coefficient (Wildman–Crippen LogP) is 0.439. The summed E-state index contributed by atoms with van der Waals surface area (Å²) < 4.78 is 37.6. The Morgan fingerprint density at radius 3 is 2.58 bits per heavy atom. The van der Waals surface area contributed by atoms with Crippen molar-refractivity contribution in [2.24, 2.45) is 0 Å². The molecule has 104 valence electrons. The lowest BCUT2D eigenvalue weighted by molar-refractivity contribution is -0.390. The number of aliphatic carboxylic acids is 1. The van der Waals surface area contributed by atoms with E-state index >= 15 is 0 Å². The van der Waals surface area contributed by atoms with Crippen LogP contribution in [0.25, 0.3) is 0 Å². The minimum Gasteiger partial charge on any atom is -0.480 e. The molecule has 0 bridgehead atoms. The molecule has 0 saturated carbocycles. The van der Waals surface area contributed by atoms with Crippen molar-refractivity contribution < 1.29 is 27.6 Å². The molecule has 0 spiro atoms. The lowest BCUT2D eigenvalue weighted by Gasteiger charge is -2.14. The van der Waals surface area contributed by atoms with Gasteiger partial charge in [-0.05, 0) is 12.1 Å². The monoisotopic (exact) mass is 292 g/mol. The van der Waals surface area contributed by atoms with E-state index in [1.54, 1.807) is 0 Å². The van der Waals surface area contributed by atoms with Crippen LogP contribution in [0.1, 0.15) is 0 Å². The second-order valence-corrected chi connectivity index (χ2v) is 5.51. The molecule has 1 N–H and O–H groups in total. The van der Waals surface area contributed by atoms with Gasteiger partial charge in [0.1, 0.15) is 6.54 Å². The maximum Gasteiger partial charge on any atom is 0.324 e. The van der Waals surface area contributed by atoms with Crippen molar-refractivity contribution in [2.45, 2.75) is 4.90 Å². The molecule has 1 aromatic rings. The van der Waals surface area contributed by atoms with E-state index in [0.29, 0.717) is 4.31 Å². The molecule has 0 fully saturated rings. The number of hydrogen-bond donors (Lipinski definition) is 1. The number of likely N-dealkylation sites (N-methyl/N-ethyl adjacent to an activating group) is 1. The lowest BCUT2D eigenvalue weighted by Crippen LogP contribution is -2.32. The third-order valence-corrected chi connectivity index (χ3v) is 4.01. The third kappa shape index (κ3) is 3.03. The summed E-state index contributed by atoms with van der Waals surface area (Å²) in [7, 11) is -3.53. The molecule has 0 radical (unpaired) electrons. The molecule has 0 saturated heterocycles. The number of rotatable bonds is 5. The first-order valence-corrected chi connectivity index (χ1v) is 6.23. The van der Waals surface area contributed by atoms with Crippen LogP contribution >= 0.6 is 0 Å². The van der Waals surface area contributed by atoms with Gasteiger partial charge in [0.05, 0.1) is 4.92 Å². The highest BCUT2D eigenvalue weighted by atomic mass is 32.2. The van der Waals surface area contributed by atoms with E-state index < -0.39 is 43.9 Å². The van der Waals surface area contributed by atoms with E-state index in [-0.39, 0.29) is 0 Å². The number of halogens is 1. The highest BCUT2D eigenvalue weighted by Gasteiger charge is 2.33. The van der Waals surface area contributed by atoms with E-state index in [0.717, 1.165) is 25.2 Å². The van der Waals surface area contributed by atoms with Gasteiger partial charge in [0.25, 0.3) is 0 Å². The molecule has 19 heavy (non-hydrogen) atoms. The summed E-state index contributed by atoms with van der Waals surface area (Å²) in [4.78, 5) is 19.1. The van der Waals surface area contributed by atoms with Crippen LogP contribution in [0.2, 0.25) is 0 Å². The smallest absolute Gasteiger partial charge is 0.324 e. The van der Waals surface area contributed by atoms with Crippen molar-refractivity contribution in [1.29, 1.82) is 0 Å². The van der Waals surface area contributed by atoms with Gasteiger partial charge in [-0.15, -0.1) is 0 Å². The van der Waals surface area contributed by atoms with Crippen LogP contribution in [0.5, 0.6) is 0 Å². The van der Waals surface area contributed by atoms with Crippen LogP contribution < -0.4 is 0 Å². The normalized spacial score (nSPS) is 11.5. The first-order chi connectivity index (χ1) is 8.67. The standard InChI is InChI=1S/C9H9FN2O6S/c1-11(5-8(13)14)19(17,18)7-4-2-3-6(10)9(7)12(15)16/h2-4H,5H2,1H3,(H,13,14). The van der Waals surface area contributed by atoms with Gasteiger partial charge in [0.2, 0.25) is 15.8 Å². The van der Waals surface area contributed by atoms with E-state index in [1.807, 2.05) is 0 Å². The summed E-state index contributed by atoms with van der Waals surface area (Å²) >= 11 is 0. The fraction of sp³-hybridized carbons (Fsp3) is 0.222. The SMILES string of the molecule is CN(CC(=O)O)S(=O)(=O)c1cccc(F)c1[N+](=O)[O-]. The van der Waals surface area contributed by atoms with Crippen LogP contribution in [-0.4, -0.2) is 42.3 Å². The maximum absolute atomic E-state index is 13.3. The number of benzene rings is 1. The van der Waals surface area contributed by atoms with Gasteiger partial charge in [-0.25, -0.2) is 8.42 Å². The zero-order chi connectivity index (χ0) is 14.8. The molecule has 0 aliphatic heterocycles. The average molecular weight is 292 g/mol. The number of carbonyl (C=O) groups is 1. The molecule has 0 aliphatic carbocycles. The van der Waals surface area contributed by atoms with Gasteiger partial charge >= 0.3 is 11.7 Å². The zero-order valence-corrected chi connectivity index (χ0v) is 10.4. The largest absolute Gasteiger partial charge is 0.480 e. The summed E-state index contributed by atoms with van der Waals surface area (Å²) in [5.74, 6) is -2.75. The van der Waals surface area contributed by atoms with Gasteiger partial charge in [-0.1, -0.05) is 6.07 Å². The van der Waals surface area contributed by atoms with Crippen LogP contribution in [0, 0.1) is 15.9 Å². The van der Waals surface area contributed by atoms with Gasteiger partial charge in [-0.2, -0.15) is 8.70 Å². The number of para-hydroxylation sites is 1. The Morgan fingerprint density at radius 2 is 2.11 bits per heavy atom. The summed E-state index contributed by atoms with van der Waals surface area (Å²) in [6.45, 7) is -0.893. The number of sulfonamides is 1. The second kappa shape index (κ2) is 5.28. The van der Waals surface area contributed by atoms with E-state index in [4.69, 9.17) is 5.11 Å². The average Bonchev–Trinajstić information content (AvgIpc) is 2.26. The molecule has 0 aromatic heterocycles. The maximum atomic E-state index is 13.3. The fourth-order valence-corrected chi connectivity index (χ4v) is 2.61. The number of hydrogen-bond acceptors (Lipinski definition) is 5. The van der Waals surface area contributed by atoms with E-state index in [2.05, 4.69) is 0 Å². The molecule has 10 heteroatoms. The first kappa shape index (κ1) is 15.0. The van der Waals surface area contributed by atoms with Crippen molar-refractivity contribution in [2.75, 3.05) is 13.6 Å². The quantitative estimate of drug-likeness (QED) is 0.621. The highest BCUT2D eigenvalue weighted by molar-refractivity contribution is 7.89. The van der Waals surface area contributed by atoms with Crippen LogP contribution in [0.4, 0.5) is 10.1 Å². The van der Waals surface area contributed by atoms with Crippen LogP contribution in [-0.2, 0) is 14.8 Å². The molecule has 0 aliphatic rings. The topological polar surface area (TPSA) is 118 Å². The Kier molecular flexibility index (Phi) is 4.17. The minimum absolute atomic E-state index is 0.386. The molecule has 0 heterocycles. The molecule has 1 rings (SSSR count). The Bertz CT molecular complexity index is 630. The number of nitro benzene ring substituents is 1. The van der Waals surface area contributed by atoms with Crippen molar-refractivity contribution in [3.8, 4) is 0 Å². The second-order valence-electron chi connectivity index (χ2n) is 3.50. The number of nitrogens with zero attached hydrogens (tertiary/aromatic N) is 2. The Labute approximate surface area is 107 Å². The van der Waals surface area contributed by atoms with Crippen LogP contribution in [0.3, 0.4) is 0 Å². The third-order valence-electron chi connectivity index (χ3n) is 2.18. The molecule has 0 atom stereocenters. The molecule has 1 aromatic carbocycles. The van der Waals surface area contributed by atoms with Crippen molar-refractivity contribution in [1.82, 2.24) is 4.31 Å². The molecule has 0 unspecified atom stereocenters. The van der Waals surface area contributed by atoms with Crippen molar-refractivity contribution in [3.63, 3.8) is 0 Å². The summed E-state index contributed by atoms with van der Waals surface area (Å²) in [5.41, 5.74) is -1.21. The molecule has 8 nitrogen and oxygen atoms in total. The number of nitro groups is 1. The van der Waals surface area contributed by atoms with Gasteiger partial charge in [0.15, 0.2) is 4.90 Å². The Morgan fingerprint density at radius 1 is 1.53 bits per heavy atom. The van der Waals surface area contributed by atoms with Gasteiger partial charge in [-0.3, -0.25) is 14.9 Å². The van der Waals surface area contributed by atoms with Crippen molar-refractivity contribution >= 4 is 21.7 Å². The summed E-state index contributed by atoms with van der Waals surface area (Å²) in [6, 6.07) is 2.58. The molecular weight excluding hydrogens is 283 g/mol. The Balaban J connectivity index is 3.41. The Hall–Kier alpha value is -2.07. The molecule has 0 amide bonds. The minimum atomic E-state index is -4.46.